The molecular formula is C15H13F2N. The Morgan fingerprint density at radius 2 is 1.67 bits per heavy atom. The SMILES string of the molecule is Fc1ccc(F)c2c1CCC2Nc1ccccc1. The summed E-state index contributed by atoms with van der Waals surface area (Å²) in [6.07, 6.45) is 1.31. The van der Waals surface area contributed by atoms with Gasteiger partial charge in [-0.25, -0.2) is 8.78 Å². The van der Waals surface area contributed by atoms with Crippen molar-refractivity contribution < 1.29 is 8.78 Å². The fraction of sp³-hybridized carbons (Fsp3) is 0.200. The van der Waals surface area contributed by atoms with Crippen LogP contribution in [0.3, 0.4) is 0 Å². The molecule has 0 radical (unpaired) electrons. The van der Waals surface area contributed by atoms with Gasteiger partial charge in [0.2, 0.25) is 0 Å². The summed E-state index contributed by atoms with van der Waals surface area (Å²) < 4.78 is 27.4. The zero-order chi connectivity index (χ0) is 12.5. The third kappa shape index (κ3) is 1.86. The molecule has 2 aromatic carbocycles. The van der Waals surface area contributed by atoms with Gasteiger partial charge in [0.15, 0.2) is 0 Å². The molecule has 0 heterocycles. The Hall–Kier alpha value is -1.90. The normalized spacial score (nSPS) is 17.6. The van der Waals surface area contributed by atoms with Gasteiger partial charge >= 0.3 is 0 Å². The summed E-state index contributed by atoms with van der Waals surface area (Å²) in [6.45, 7) is 0. The van der Waals surface area contributed by atoms with Gasteiger partial charge in [-0.3, -0.25) is 0 Å². The summed E-state index contributed by atoms with van der Waals surface area (Å²) in [5.74, 6) is -0.624. The van der Waals surface area contributed by atoms with Crippen molar-refractivity contribution in [3.8, 4) is 0 Å². The third-order valence-electron chi connectivity index (χ3n) is 3.39. The Morgan fingerprint density at radius 1 is 0.944 bits per heavy atom. The summed E-state index contributed by atoms with van der Waals surface area (Å²) in [6, 6.07) is 11.9. The van der Waals surface area contributed by atoms with E-state index in [1.807, 2.05) is 30.3 Å². The summed E-state index contributed by atoms with van der Waals surface area (Å²) in [5.41, 5.74) is 1.93. The van der Waals surface area contributed by atoms with Crippen LogP contribution >= 0.6 is 0 Å². The van der Waals surface area contributed by atoms with E-state index < -0.39 is 0 Å². The highest BCUT2D eigenvalue weighted by Crippen LogP contribution is 2.36. The molecule has 0 saturated carbocycles. The van der Waals surface area contributed by atoms with Crippen LogP contribution in [0.5, 0.6) is 0 Å². The molecule has 2 aromatic rings. The van der Waals surface area contributed by atoms with Crippen LogP contribution in [0.1, 0.15) is 23.6 Å². The molecule has 18 heavy (non-hydrogen) atoms. The van der Waals surface area contributed by atoms with Gasteiger partial charge in [0, 0.05) is 11.3 Å². The first kappa shape index (κ1) is 11.2. The molecule has 0 saturated heterocycles. The van der Waals surface area contributed by atoms with Crippen LogP contribution < -0.4 is 5.32 Å². The number of halogens is 2. The molecule has 0 aliphatic heterocycles. The standard InChI is InChI=1S/C15H13F2N/c16-12-7-8-13(17)15-11(12)6-9-14(15)18-10-4-2-1-3-5-10/h1-5,7-8,14,18H,6,9H2. The average molecular weight is 245 g/mol. The Kier molecular flexibility index (Phi) is 2.74. The molecule has 1 atom stereocenters. The highest BCUT2D eigenvalue weighted by molar-refractivity contribution is 5.48. The van der Waals surface area contributed by atoms with Crippen LogP contribution in [0.25, 0.3) is 0 Å². The third-order valence-corrected chi connectivity index (χ3v) is 3.39. The minimum absolute atomic E-state index is 0.141. The first-order chi connectivity index (χ1) is 8.75. The number of rotatable bonds is 2. The van der Waals surface area contributed by atoms with E-state index >= 15 is 0 Å². The molecule has 1 unspecified atom stereocenters. The molecular weight excluding hydrogens is 232 g/mol. The second kappa shape index (κ2) is 4.41. The monoisotopic (exact) mass is 245 g/mol. The van der Waals surface area contributed by atoms with Gasteiger partial charge in [-0.05, 0) is 42.7 Å². The molecule has 1 nitrogen and oxygen atoms in total. The predicted molar refractivity (Wildman–Crippen MR) is 67.5 cm³/mol. The lowest BCUT2D eigenvalue weighted by molar-refractivity contribution is 0.579. The molecule has 1 N–H and O–H groups in total. The molecule has 92 valence electrons. The summed E-state index contributed by atoms with van der Waals surface area (Å²) in [4.78, 5) is 0. The molecule has 3 heteroatoms. The van der Waals surface area contributed by atoms with Crippen molar-refractivity contribution in [1.29, 1.82) is 0 Å². The minimum atomic E-state index is -0.322. The van der Waals surface area contributed by atoms with Crippen LogP contribution in [-0.2, 0) is 6.42 Å². The second-order valence-electron chi connectivity index (χ2n) is 4.52. The highest BCUT2D eigenvalue weighted by Gasteiger charge is 2.28. The van der Waals surface area contributed by atoms with Crippen LogP contribution in [0.15, 0.2) is 42.5 Å². The Labute approximate surface area is 104 Å². The van der Waals surface area contributed by atoms with Crippen molar-refractivity contribution in [2.24, 2.45) is 0 Å². The summed E-state index contributed by atoms with van der Waals surface area (Å²) in [5, 5.41) is 3.26. The van der Waals surface area contributed by atoms with Crippen LogP contribution in [0.4, 0.5) is 14.5 Å². The largest absolute Gasteiger partial charge is 0.378 e. The first-order valence-electron chi connectivity index (χ1n) is 6.04. The summed E-state index contributed by atoms with van der Waals surface area (Å²) in [7, 11) is 0. The Bertz CT molecular complexity index is 566. The van der Waals surface area contributed by atoms with Crippen molar-refractivity contribution >= 4 is 5.69 Å². The molecule has 0 fully saturated rings. The highest BCUT2D eigenvalue weighted by atomic mass is 19.1. The van der Waals surface area contributed by atoms with Gasteiger partial charge in [0.05, 0.1) is 6.04 Å². The van der Waals surface area contributed by atoms with Gasteiger partial charge in [-0.2, -0.15) is 0 Å². The number of nitrogens with one attached hydrogen (secondary N) is 1. The maximum absolute atomic E-state index is 13.8. The van der Waals surface area contributed by atoms with Gasteiger partial charge < -0.3 is 5.32 Å². The van der Waals surface area contributed by atoms with E-state index in [1.165, 1.54) is 12.1 Å². The van der Waals surface area contributed by atoms with Gasteiger partial charge in [-0.15, -0.1) is 0 Å². The van der Waals surface area contributed by atoms with Gasteiger partial charge in [-0.1, -0.05) is 18.2 Å². The second-order valence-corrected chi connectivity index (χ2v) is 4.52. The van der Waals surface area contributed by atoms with Crippen molar-refractivity contribution in [2.45, 2.75) is 18.9 Å². The van der Waals surface area contributed by atoms with E-state index in [-0.39, 0.29) is 17.7 Å². The quantitative estimate of drug-likeness (QED) is 0.841. The molecule has 3 rings (SSSR count). The van der Waals surface area contributed by atoms with Crippen molar-refractivity contribution in [2.75, 3.05) is 5.32 Å². The zero-order valence-corrected chi connectivity index (χ0v) is 9.79. The summed E-state index contributed by atoms with van der Waals surface area (Å²) >= 11 is 0. The molecule has 0 bridgehead atoms. The molecule has 1 aliphatic carbocycles. The van der Waals surface area contributed by atoms with E-state index in [0.717, 1.165) is 12.1 Å². The fourth-order valence-corrected chi connectivity index (χ4v) is 2.55. The number of hydrogen-bond donors (Lipinski definition) is 1. The maximum atomic E-state index is 13.8. The topological polar surface area (TPSA) is 12.0 Å². The molecule has 0 spiro atoms. The fourth-order valence-electron chi connectivity index (χ4n) is 2.55. The number of hydrogen-bond acceptors (Lipinski definition) is 1. The maximum Gasteiger partial charge on any atom is 0.128 e. The first-order valence-corrected chi connectivity index (χ1v) is 6.04. The van der Waals surface area contributed by atoms with Crippen LogP contribution in [-0.4, -0.2) is 0 Å². The molecule has 0 amide bonds. The minimum Gasteiger partial charge on any atom is -0.378 e. The van der Waals surface area contributed by atoms with Crippen LogP contribution in [0.2, 0.25) is 0 Å². The number of para-hydroxylation sites is 1. The van der Waals surface area contributed by atoms with Gasteiger partial charge in [0.1, 0.15) is 11.6 Å². The molecule has 1 aliphatic rings. The lowest BCUT2D eigenvalue weighted by Gasteiger charge is -2.16. The van der Waals surface area contributed by atoms with E-state index in [9.17, 15) is 8.78 Å². The zero-order valence-electron chi connectivity index (χ0n) is 9.79. The van der Waals surface area contributed by atoms with E-state index in [1.54, 1.807) is 0 Å². The smallest absolute Gasteiger partial charge is 0.128 e. The average Bonchev–Trinajstić information content (AvgIpc) is 2.80. The van der Waals surface area contributed by atoms with Crippen molar-refractivity contribution in [3.63, 3.8) is 0 Å². The number of fused-ring (bicyclic) bond motifs is 1. The van der Waals surface area contributed by atoms with Gasteiger partial charge in [0.25, 0.3) is 0 Å². The van der Waals surface area contributed by atoms with Crippen molar-refractivity contribution in [1.82, 2.24) is 0 Å². The van der Waals surface area contributed by atoms with E-state index in [0.29, 0.717) is 17.5 Å². The lowest BCUT2D eigenvalue weighted by Crippen LogP contribution is -2.09. The number of benzene rings is 2. The van der Waals surface area contributed by atoms with E-state index in [2.05, 4.69) is 5.32 Å². The number of anilines is 1. The van der Waals surface area contributed by atoms with Crippen LogP contribution in [0, 0.1) is 11.6 Å². The Balaban J connectivity index is 1.93. The van der Waals surface area contributed by atoms with E-state index in [4.69, 9.17) is 0 Å². The van der Waals surface area contributed by atoms with Crippen molar-refractivity contribution in [3.05, 3.63) is 65.2 Å². The lowest BCUT2D eigenvalue weighted by atomic mass is 10.1. The molecule has 0 aromatic heterocycles. The predicted octanol–water partition coefficient (Wildman–Crippen LogP) is 4.06. The Morgan fingerprint density at radius 3 is 2.44 bits per heavy atom.